The van der Waals surface area contributed by atoms with Gasteiger partial charge in [0.2, 0.25) is 0 Å². The van der Waals surface area contributed by atoms with Gasteiger partial charge in [-0.1, -0.05) is 13.8 Å². The number of ether oxygens (including phenoxy) is 1. The Morgan fingerprint density at radius 2 is 2.00 bits per heavy atom. The molecule has 1 aliphatic carbocycles. The first kappa shape index (κ1) is 13.0. The monoisotopic (exact) mass is 213 g/mol. The van der Waals surface area contributed by atoms with Crippen molar-refractivity contribution in [3.8, 4) is 0 Å². The van der Waals surface area contributed by atoms with Gasteiger partial charge < -0.3 is 10.1 Å². The third-order valence-electron chi connectivity index (χ3n) is 3.72. The summed E-state index contributed by atoms with van der Waals surface area (Å²) >= 11 is 0. The molecule has 1 N–H and O–H groups in total. The van der Waals surface area contributed by atoms with E-state index >= 15 is 0 Å². The van der Waals surface area contributed by atoms with Gasteiger partial charge in [0, 0.05) is 18.1 Å². The van der Waals surface area contributed by atoms with E-state index in [-0.39, 0.29) is 5.54 Å². The topological polar surface area (TPSA) is 21.3 Å². The van der Waals surface area contributed by atoms with Crippen LogP contribution in [-0.2, 0) is 4.74 Å². The maximum Gasteiger partial charge on any atom is 0.0524 e. The number of hydrogen-bond acceptors (Lipinski definition) is 2. The minimum atomic E-state index is 0.235. The molecule has 15 heavy (non-hydrogen) atoms. The summed E-state index contributed by atoms with van der Waals surface area (Å²) in [7, 11) is 1.82. The largest absolute Gasteiger partial charge is 0.384 e. The predicted octanol–water partition coefficient (Wildman–Crippen LogP) is 2.68. The third-order valence-corrected chi connectivity index (χ3v) is 3.72. The van der Waals surface area contributed by atoms with Gasteiger partial charge in [0.15, 0.2) is 0 Å². The first-order valence-corrected chi connectivity index (χ1v) is 6.06. The van der Waals surface area contributed by atoms with Crippen LogP contribution >= 0.6 is 0 Å². The van der Waals surface area contributed by atoms with Gasteiger partial charge in [0.25, 0.3) is 0 Å². The molecule has 2 nitrogen and oxygen atoms in total. The lowest BCUT2D eigenvalue weighted by molar-refractivity contribution is 0.103. The summed E-state index contributed by atoms with van der Waals surface area (Å²) in [6.07, 6.45) is 1.32. The van der Waals surface area contributed by atoms with E-state index in [0.717, 1.165) is 25.0 Å². The lowest BCUT2D eigenvalue weighted by Crippen LogP contribution is -2.38. The zero-order valence-electron chi connectivity index (χ0n) is 11.2. The van der Waals surface area contributed by atoms with E-state index in [1.54, 1.807) is 0 Å². The van der Waals surface area contributed by atoms with E-state index in [9.17, 15) is 0 Å². The van der Waals surface area contributed by atoms with Crippen LogP contribution in [0.25, 0.3) is 0 Å². The van der Waals surface area contributed by atoms with Gasteiger partial charge in [-0.25, -0.2) is 0 Å². The molecule has 2 atom stereocenters. The fourth-order valence-corrected chi connectivity index (χ4v) is 2.42. The SMILES string of the molecule is COCC1(C(C)C)CC1CNC(C)(C)C. The van der Waals surface area contributed by atoms with Gasteiger partial charge in [-0.05, 0) is 45.6 Å². The lowest BCUT2D eigenvalue weighted by atomic mass is 9.90. The average molecular weight is 213 g/mol. The Kier molecular flexibility index (Phi) is 3.83. The second-order valence-corrected chi connectivity index (χ2v) is 6.35. The molecule has 1 rings (SSSR count). The zero-order chi connectivity index (χ0) is 11.7. The summed E-state index contributed by atoms with van der Waals surface area (Å²) in [5.41, 5.74) is 0.686. The first-order valence-electron chi connectivity index (χ1n) is 6.06. The second kappa shape index (κ2) is 4.42. The summed E-state index contributed by atoms with van der Waals surface area (Å²) in [5.74, 6) is 1.53. The molecule has 1 saturated carbocycles. The van der Waals surface area contributed by atoms with Crippen molar-refractivity contribution in [1.29, 1.82) is 0 Å². The molecule has 0 bridgehead atoms. The molecule has 1 fully saturated rings. The highest BCUT2D eigenvalue weighted by Gasteiger charge is 2.55. The highest BCUT2D eigenvalue weighted by Crippen LogP contribution is 2.57. The Balaban J connectivity index is 2.41. The molecule has 2 heteroatoms. The van der Waals surface area contributed by atoms with E-state index in [4.69, 9.17) is 4.74 Å². The van der Waals surface area contributed by atoms with Crippen molar-refractivity contribution in [2.24, 2.45) is 17.3 Å². The lowest BCUT2D eigenvalue weighted by Gasteiger charge is -2.24. The standard InChI is InChI=1S/C13H27NO/c1-10(2)13(9-15-6)7-11(13)8-14-12(3,4)5/h10-11,14H,7-9H2,1-6H3. The maximum atomic E-state index is 5.36. The van der Waals surface area contributed by atoms with Crippen LogP contribution in [0, 0.1) is 17.3 Å². The Morgan fingerprint density at radius 3 is 2.40 bits per heavy atom. The summed E-state index contributed by atoms with van der Waals surface area (Å²) in [6.45, 7) is 13.4. The van der Waals surface area contributed by atoms with E-state index in [1.165, 1.54) is 6.42 Å². The fraction of sp³-hybridized carbons (Fsp3) is 1.00. The Hall–Kier alpha value is -0.0800. The number of rotatable bonds is 5. The maximum absolute atomic E-state index is 5.36. The molecule has 2 unspecified atom stereocenters. The van der Waals surface area contributed by atoms with E-state index in [1.807, 2.05) is 7.11 Å². The number of hydrogen-bond donors (Lipinski definition) is 1. The number of nitrogens with one attached hydrogen (secondary N) is 1. The van der Waals surface area contributed by atoms with Gasteiger partial charge in [-0.2, -0.15) is 0 Å². The molecule has 1 aliphatic rings. The molecule has 0 radical (unpaired) electrons. The molecular formula is C13H27NO. The van der Waals surface area contributed by atoms with Crippen LogP contribution in [-0.4, -0.2) is 25.8 Å². The van der Waals surface area contributed by atoms with Crippen LogP contribution in [0.4, 0.5) is 0 Å². The molecule has 90 valence electrons. The van der Waals surface area contributed by atoms with E-state index < -0.39 is 0 Å². The van der Waals surface area contributed by atoms with Crippen molar-refractivity contribution in [1.82, 2.24) is 5.32 Å². The minimum absolute atomic E-state index is 0.235. The van der Waals surface area contributed by atoms with Crippen molar-refractivity contribution >= 4 is 0 Å². The Labute approximate surface area is 94.8 Å². The molecule has 0 spiro atoms. The summed E-state index contributed by atoms with van der Waals surface area (Å²) in [5, 5.41) is 3.60. The Bertz CT molecular complexity index is 207. The molecule has 0 aliphatic heterocycles. The quantitative estimate of drug-likeness (QED) is 0.758. The van der Waals surface area contributed by atoms with E-state index in [2.05, 4.69) is 39.9 Å². The summed E-state index contributed by atoms with van der Waals surface area (Å²) in [4.78, 5) is 0. The smallest absolute Gasteiger partial charge is 0.0524 e. The molecule has 0 heterocycles. The van der Waals surface area contributed by atoms with Gasteiger partial charge in [0.05, 0.1) is 6.61 Å². The zero-order valence-corrected chi connectivity index (χ0v) is 11.2. The van der Waals surface area contributed by atoms with Crippen LogP contribution in [0.3, 0.4) is 0 Å². The highest BCUT2D eigenvalue weighted by atomic mass is 16.5. The van der Waals surface area contributed by atoms with Crippen LogP contribution in [0.1, 0.15) is 41.0 Å². The van der Waals surface area contributed by atoms with Crippen molar-refractivity contribution in [3.05, 3.63) is 0 Å². The van der Waals surface area contributed by atoms with Crippen LogP contribution < -0.4 is 5.32 Å². The van der Waals surface area contributed by atoms with Gasteiger partial charge >= 0.3 is 0 Å². The average Bonchev–Trinajstić information content (AvgIpc) is 2.76. The molecule has 0 amide bonds. The molecular weight excluding hydrogens is 186 g/mol. The predicted molar refractivity (Wildman–Crippen MR) is 65.0 cm³/mol. The van der Waals surface area contributed by atoms with Crippen molar-refractivity contribution in [2.75, 3.05) is 20.3 Å². The third kappa shape index (κ3) is 3.18. The fourth-order valence-electron chi connectivity index (χ4n) is 2.42. The number of methoxy groups -OCH3 is 1. The Morgan fingerprint density at radius 1 is 1.40 bits per heavy atom. The van der Waals surface area contributed by atoms with E-state index in [0.29, 0.717) is 5.41 Å². The van der Waals surface area contributed by atoms with Crippen molar-refractivity contribution < 1.29 is 4.74 Å². The second-order valence-electron chi connectivity index (χ2n) is 6.35. The van der Waals surface area contributed by atoms with Crippen LogP contribution in [0.15, 0.2) is 0 Å². The molecule has 0 aromatic heterocycles. The van der Waals surface area contributed by atoms with Gasteiger partial charge in [-0.15, -0.1) is 0 Å². The normalized spacial score (nSPS) is 31.0. The first-order chi connectivity index (χ1) is 6.82. The van der Waals surface area contributed by atoms with Gasteiger partial charge in [0.1, 0.15) is 0 Å². The summed E-state index contributed by atoms with van der Waals surface area (Å²) in [6, 6.07) is 0. The van der Waals surface area contributed by atoms with Gasteiger partial charge in [-0.3, -0.25) is 0 Å². The minimum Gasteiger partial charge on any atom is -0.384 e. The van der Waals surface area contributed by atoms with Crippen LogP contribution in [0.2, 0.25) is 0 Å². The highest BCUT2D eigenvalue weighted by molar-refractivity contribution is 5.05. The summed E-state index contributed by atoms with van der Waals surface area (Å²) < 4.78 is 5.36. The van der Waals surface area contributed by atoms with Crippen LogP contribution in [0.5, 0.6) is 0 Å². The molecule has 0 aromatic carbocycles. The molecule has 0 saturated heterocycles. The van der Waals surface area contributed by atoms with Crippen molar-refractivity contribution in [3.63, 3.8) is 0 Å². The van der Waals surface area contributed by atoms with Crippen molar-refractivity contribution in [2.45, 2.75) is 46.6 Å². The molecule has 0 aromatic rings.